The van der Waals surface area contributed by atoms with Gasteiger partial charge in [0.25, 0.3) is 0 Å². The van der Waals surface area contributed by atoms with Gasteiger partial charge in [0, 0.05) is 0 Å². The molecule has 0 N–H and O–H groups in total. The van der Waals surface area contributed by atoms with Gasteiger partial charge in [-0.05, 0) is 0 Å². The summed E-state index contributed by atoms with van der Waals surface area (Å²) in [5, 5.41) is 6.74. The van der Waals surface area contributed by atoms with Crippen molar-refractivity contribution < 1.29 is 14.2 Å². The number of nitrogens with zero attached hydrogens (tertiary/aromatic N) is 2. The van der Waals surface area contributed by atoms with E-state index >= 15 is 0 Å². The maximum atomic E-state index is 6.25. The van der Waals surface area contributed by atoms with Crippen LogP contribution >= 0.6 is 0 Å². The van der Waals surface area contributed by atoms with Crippen LogP contribution in [0.3, 0.4) is 0 Å². The maximum absolute atomic E-state index is 6.25. The number of hydrogen-bond acceptors (Lipinski definition) is 5. The van der Waals surface area contributed by atoms with Crippen LogP contribution in [0.5, 0.6) is 17.2 Å². The van der Waals surface area contributed by atoms with Gasteiger partial charge >= 0.3 is 169 Å². The fourth-order valence-electron chi connectivity index (χ4n) is 3.65. The normalized spacial score (nSPS) is 14.0. The number of aromatic nitrogens is 2. The standard InChI is InChI=1S/C23H20N2O3Se/c1-23(2)22-21(29-25-24-22)17-11-19(26-3)20(12-18(17)28-23)27-13-14-8-9-15-6-4-5-7-16(15)10-14/h4-12H,13H2,1-3H3. The second kappa shape index (κ2) is 6.90. The number of rotatable bonds is 4. The first-order chi connectivity index (χ1) is 14.0. The molecule has 2 heterocycles. The van der Waals surface area contributed by atoms with Gasteiger partial charge in [0.05, 0.1) is 0 Å². The molecule has 146 valence electrons. The molecule has 29 heavy (non-hydrogen) atoms. The van der Waals surface area contributed by atoms with Gasteiger partial charge in [0.15, 0.2) is 0 Å². The molecule has 3 aromatic carbocycles. The Hall–Kier alpha value is -2.82. The average Bonchev–Trinajstić information content (AvgIpc) is 3.23. The Kier molecular flexibility index (Phi) is 4.34. The Labute approximate surface area is 175 Å². The monoisotopic (exact) mass is 452 g/mol. The molecule has 5 nitrogen and oxygen atoms in total. The minimum absolute atomic E-state index is 0.0381. The van der Waals surface area contributed by atoms with Crippen molar-refractivity contribution in [2.75, 3.05) is 7.11 Å². The molecular weight excluding hydrogens is 431 g/mol. The molecular formula is C23H20N2O3Se. The molecule has 0 saturated heterocycles. The van der Waals surface area contributed by atoms with Crippen molar-refractivity contribution in [3.8, 4) is 27.2 Å². The summed E-state index contributed by atoms with van der Waals surface area (Å²) in [6.07, 6.45) is 0. The molecule has 0 unspecified atom stereocenters. The van der Waals surface area contributed by atoms with E-state index in [1.54, 1.807) is 7.11 Å². The van der Waals surface area contributed by atoms with E-state index in [0.717, 1.165) is 27.0 Å². The summed E-state index contributed by atoms with van der Waals surface area (Å²) in [4.78, 5) is 0. The van der Waals surface area contributed by atoms with E-state index < -0.39 is 5.60 Å². The van der Waals surface area contributed by atoms with Gasteiger partial charge < -0.3 is 0 Å². The fourth-order valence-corrected chi connectivity index (χ4v) is 5.40. The van der Waals surface area contributed by atoms with Crippen LogP contribution in [0, 0.1) is 0 Å². The van der Waals surface area contributed by atoms with Crippen LogP contribution < -0.4 is 14.2 Å². The van der Waals surface area contributed by atoms with Crippen molar-refractivity contribution in [2.45, 2.75) is 26.1 Å². The third kappa shape index (κ3) is 3.18. The van der Waals surface area contributed by atoms with E-state index in [0.29, 0.717) is 18.1 Å². The first-order valence-corrected chi connectivity index (χ1v) is 11.0. The molecule has 1 aromatic heterocycles. The Balaban J connectivity index is 1.48. The predicted octanol–water partition coefficient (Wildman–Crippen LogP) is 4.57. The van der Waals surface area contributed by atoms with Gasteiger partial charge in [-0.2, -0.15) is 0 Å². The van der Waals surface area contributed by atoms with Gasteiger partial charge in [0.1, 0.15) is 0 Å². The van der Waals surface area contributed by atoms with E-state index in [9.17, 15) is 0 Å². The Morgan fingerprint density at radius 3 is 2.66 bits per heavy atom. The first-order valence-electron chi connectivity index (χ1n) is 9.40. The zero-order chi connectivity index (χ0) is 20.0. The first kappa shape index (κ1) is 18.2. The molecule has 0 fully saturated rings. The average molecular weight is 451 g/mol. The topological polar surface area (TPSA) is 53.5 Å². The van der Waals surface area contributed by atoms with E-state index in [1.807, 2.05) is 38.1 Å². The van der Waals surface area contributed by atoms with Crippen LogP contribution in [0.1, 0.15) is 25.1 Å². The SMILES string of the molecule is COc1cc2c(cc1OCc1ccc3ccccc3c1)OC(C)(C)c1nn[se]c1-2. The van der Waals surface area contributed by atoms with Gasteiger partial charge in [-0.25, -0.2) is 0 Å². The van der Waals surface area contributed by atoms with Crippen LogP contribution in [0.2, 0.25) is 0 Å². The predicted molar refractivity (Wildman–Crippen MR) is 113 cm³/mol. The van der Waals surface area contributed by atoms with Gasteiger partial charge in [0.2, 0.25) is 0 Å². The molecule has 5 rings (SSSR count). The zero-order valence-electron chi connectivity index (χ0n) is 16.4. The number of benzene rings is 3. The van der Waals surface area contributed by atoms with Crippen LogP contribution in [0.15, 0.2) is 54.6 Å². The molecule has 0 bridgehead atoms. The van der Waals surface area contributed by atoms with Crippen LogP contribution in [-0.4, -0.2) is 31.0 Å². The van der Waals surface area contributed by atoms with Crippen molar-refractivity contribution in [2.24, 2.45) is 0 Å². The molecule has 1 aliphatic heterocycles. The molecule has 1 aliphatic rings. The Morgan fingerprint density at radius 1 is 1.00 bits per heavy atom. The fraction of sp³-hybridized carbons (Fsp3) is 0.217. The molecule has 6 heteroatoms. The van der Waals surface area contributed by atoms with E-state index in [-0.39, 0.29) is 14.7 Å². The van der Waals surface area contributed by atoms with E-state index in [1.165, 1.54) is 10.8 Å². The van der Waals surface area contributed by atoms with Crippen molar-refractivity contribution in [1.29, 1.82) is 0 Å². The Morgan fingerprint density at radius 2 is 1.83 bits per heavy atom. The minimum atomic E-state index is -0.506. The van der Waals surface area contributed by atoms with E-state index in [4.69, 9.17) is 14.2 Å². The summed E-state index contributed by atoms with van der Waals surface area (Å²) in [6, 6.07) is 18.6. The van der Waals surface area contributed by atoms with Crippen molar-refractivity contribution >= 4 is 25.5 Å². The second-order valence-corrected chi connectivity index (χ2v) is 9.11. The summed E-state index contributed by atoms with van der Waals surface area (Å²) in [5.41, 5.74) is 2.51. The van der Waals surface area contributed by atoms with Crippen molar-refractivity contribution in [1.82, 2.24) is 9.19 Å². The molecule has 0 spiro atoms. The van der Waals surface area contributed by atoms with E-state index in [2.05, 4.69) is 39.5 Å². The van der Waals surface area contributed by atoms with Crippen LogP contribution in [-0.2, 0) is 12.2 Å². The second-order valence-electron chi connectivity index (χ2n) is 7.53. The quantitative estimate of drug-likeness (QED) is 0.426. The molecule has 0 aliphatic carbocycles. The van der Waals surface area contributed by atoms with Gasteiger partial charge in [-0.3, -0.25) is 0 Å². The van der Waals surface area contributed by atoms with Crippen molar-refractivity contribution in [3.05, 3.63) is 65.9 Å². The molecule has 0 radical (unpaired) electrons. The summed E-state index contributed by atoms with van der Waals surface area (Å²) in [6.45, 7) is 4.49. The number of methoxy groups -OCH3 is 1. The Bertz CT molecular complexity index is 1220. The number of fused-ring (bicyclic) bond motifs is 4. The van der Waals surface area contributed by atoms with Gasteiger partial charge in [-0.15, -0.1) is 0 Å². The number of ether oxygens (including phenoxy) is 3. The third-order valence-electron chi connectivity index (χ3n) is 5.14. The summed E-state index contributed by atoms with van der Waals surface area (Å²) in [5.74, 6) is 2.14. The molecule has 0 amide bonds. The van der Waals surface area contributed by atoms with Crippen molar-refractivity contribution in [3.63, 3.8) is 0 Å². The summed E-state index contributed by atoms with van der Waals surface area (Å²) < 4.78 is 23.4. The molecule has 0 saturated carbocycles. The van der Waals surface area contributed by atoms with Crippen LogP contribution in [0.25, 0.3) is 20.8 Å². The molecule has 0 atom stereocenters. The zero-order valence-corrected chi connectivity index (χ0v) is 18.1. The summed E-state index contributed by atoms with van der Waals surface area (Å²) >= 11 is -0.0381. The molecule has 4 aromatic rings. The van der Waals surface area contributed by atoms with Gasteiger partial charge in [-0.1, -0.05) is 6.07 Å². The number of hydrogen-bond donors (Lipinski definition) is 0. The third-order valence-corrected chi connectivity index (χ3v) is 6.73. The van der Waals surface area contributed by atoms with Crippen LogP contribution in [0.4, 0.5) is 0 Å². The summed E-state index contributed by atoms with van der Waals surface area (Å²) in [7, 11) is 1.65.